The fourth-order valence-corrected chi connectivity index (χ4v) is 5.63. The number of fused-ring (bicyclic) bond motifs is 4. The fraction of sp³-hybridized carbons (Fsp3) is 0.0909. The van der Waals surface area contributed by atoms with E-state index in [1.807, 2.05) is 66.7 Å². The Hall–Kier alpha value is -5.70. The van der Waals surface area contributed by atoms with Crippen LogP contribution in [0.1, 0.15) is 33.9 Å². The molecule has 4 aromatic carbocycles. The summed E-state index contributed by atoms with van der Waals surface area (Å²) in [6, 6.07) is 28.0. The van der Waals surface area contributed by atoms with E-state index in [0.717, 1.165) is 27.8 Å². The van der Waals surface area contributed by atoms with Gasteiger partial charge >= 0.3 is 5.97 Å². The molecular formula is C33H24N4O5. The molecule has 1 amide bonds. The second-order valence-electron chi connectivity index (χ2n) is 10.1. The normalized spacial score (nSPS) is 12.3. The second-order valence-corrected chi connectivity index (χ2v) is 10.1. The van der Waals surface area contributed by atoms with Crippen molar-refractivity contribution < 1.29 is 24.2 Å². The van der Waals surface area contributed by atoms with Crippen LogP contribution in [0.25, 0.3) is 44.7 Å². The third-order valence-electron chi connectivity index (χ3n) is 7.57. The van der Waals surface area contributed by atoms with Gasteiger partial charge in [0.05, 0.1) is 24.3 Å². The maximum Gasteiger partial charge on any atom is 0.339 e. The Balaban J connectivity index is 1.16. The summed E-state index contributed by atoms with van der Waals surface area (Å²) in [5.41, 5.74) is 6.22. The van der Waals surface area contributed by atoms with Gasteiger partial charge in [0.1, 0.15) is 28.4 Å². The van der Waals surface area contributed by atoms with Gasteiger partial charge in [-0.2, -0.15) is 0 Å². The van der Waals surface area contributed by atoms with Crippen molar-refractivity contribution in [1.29, 1.82) is 0 Å². The van der Waals surface area contributed by atoms with Crippen molar-refractivity contribution >= 4 is 22.8 Å². The molecule has 1 aliphatic rings. The number of benzene rings is 4. The summed E-state index contributed by atoms with van der Waals surface area (Å²) in [5.74, 6) is -1.30. The number of phenols is 1. The number of aryl methyl sites for hydroxylation is 1. The van der Waals surface area contributed by atoms with Crippen molar-refractivity contribution in [2.75, 3.05) is 0 Å². The van der Waals surface area contributed by atoms with Gasteiger partial charge in [0.15, 0.2) is 0 Å². The minimum Gasteiger partial charge on any atom is -0.507 e. The van der Waals surface area contributed by atoms with E-state index in [1.165, 1.54) is 12.1 Å². The van der Waals surface area contributed by atoms with Crippen molar-refractivity contribution in [2.24, 2.45) is 0 Å². The monoisotopic (exact) mass is 556 g/mol. The van der Waals surface area contributed by atoms with Crippen molar-refractivity contribution in [3.05, 3.63) is 114 Å². The highest BCUT2D eigenvalue weighted by molar-refractivity contribution is 6.05. The number of hydrogen-bond donors (Lipinski definition) is 3. The first-order valence-corrected chi connectivity index (χ1v) is 13.4. The number of carboxylic acid groups (broad SMARTS) is 1. The Bertz CT molecular complexity index is 1950. The number of carbonyl (C=O) groups excluding carboxylic acids is 1. The minimum atomic E-state index is -1.26. The number of nitrogens with one attached hydrogen (secondary N) is 1. The summed E-state index contributed by atoms with van der Waals surface area (Å²) in [6.07, 6.45) is 1.88. The molecule has 1 aliphatic carbocycles. The standard InChI is InChI=1S/C33H24N4O5/c38-27-17-28-25(16-24(27)33(40)41)30(32(42-28)19-8-2-1-3-9-19)26-18-37(36-35-26)15-14-29(39)34-31-22-12-6-4-10-20(22)21-11-5-7-13-23(21)31/h1-13,16-18,31,38H,14-15H2,(H,34,39)(H,40,41). The number of amides is 1. The van der Waals surface area contributed by atoms with Crippen molar-refractivity contribution in [3.63, 3.8) is 0 Å². The zero-order valence-electron chi connectivity index (χ0n) is 22.2. The Kier molecular flexibility index (Phi) is 6.05. The van der Waals surface area contributed by atoms with E-state index >= 15 is 0 Å². The molecule has 0 bridgehead atoms. The topological polar surface area (TPSA) is 130 Å². The SMILES string of the molecule is O=C(CCn1cc(-c2c(-c3ccccc3)oc3cc(O)c(C(=O)O)cc23)nn1)NC1c2ccccc2-c2ccccc21. The predicted molar refractivity (Wildman–Crippen MR) is 156 cm³/mol. The predicted octanol–water partition coefficient (Wildman–Crippen LogP) is 6.04. The van der Waals surface area contributed by atoms with E-state index < -0.39 is 11.7 Å². The molecule has 2 heterocycles. The fourth-order valence-electron chi connectivity index (χ4n) is 5.63. The van der Waals surface area contributed by atoms with Gasteiger partial charge in [0, 0.05) is 23.4 Å². The molecule has 3 N–H and O–H groups in total. The summed E-state index contributed by atoms with van der Waals surface area (Å²) in [5, 5.41) is 32.1. The zero-order chi connectivity index (χ0) is 28.8. The molecule has 2 aromatic heterocycles. The molecule has 9 heteroatoms. The Morgan fingerprint density at radius 1 is 0.905 bits per heavy atom. The average molecular weight is 557 g/mol. The van der Waals surface area contributed by atoms with Crippen LogP contribution in [0.2, 0.25) is 0 Å². The van der Waals surface area contributed by atoms with Crippen molar-refractivity contribution in [3.8, 4) is 39.5 Å². The minimum absolute atomic E-state index is 0.121. The quantitative estimate of drug-likeness (QED) is 0.219. The number of hydrogen-bond acceptors (Lipinski definition) is 6. The van der Waals surface area contributed by atoms with Crippen LogP contribution in [-0.4, -0.2) is 37.1 Å². The van der Waals surface area contributed by atoms with Crippen LogP contribution in [0.3, 0.4) is 0 Å². The van der Waals surface area contributed by atoms with E-state index in [1.54, 1.807) is 10.9 Å². The van der Waals surface area contributed by atoms with Crippen LogP contribution >= 0.6 is 0 Å². The Labute approximate surface area is 239 Å². The van der Waals surface area contributed by atoms with Gasteiger partial charge in [-0.25, -0.2) is 4.79 Å². The summed E-state index contributed by atoms with van der Waals surface area (Å²) < 4.78 is 7.68. The second kappa shape index (κ2) is 10.0. The maximum atomic E-state index is 13.1. The lowest BCUT2D eigenvalue weighted by Gasteiger charge is -2.16. The first-order valence-electron chi connectivity index (χ1n) is 13.4. The lowest BCUT2D eigenvalue weighted by Crippen LogP contribution is -2.28. The van der Waals surface area contributed by atoms with E-state index in [9.17, 15) is 19.8 Å². The number of nitrogens with zero attached hydrogens (tertiary/aromatic N) is 3. The smallest absolute Gasteiger partial charge is 0.339 e. The van der Waals surface area contributed by atoms with Crippen molar-refractivity contribution in [2.45, 2.75) is 19.0 Å². The first-order chi connectivity index (χ1) is 20.5. The van der Waals surface area contributed by atoms with Crippen molar-refractivity contribution in [1.82, 2.24) is 20.3 Å². The van der Waals surface area contributed by atoms with Gasteiger partial charge in [-0.05, 0) is 28.3 Å². The molecule has 6 aromatic rings. The lowest BCUT2D eigenvalue weighted by atomic mass is 10.0. The zero-order valence-corrected chi connectivity index (χ0v) is 22.2. The van der Waals surface area contributed by atoms with Gasteiger partial charge in [0.2, 0.25) is 5.91 Å². The molecule has 206 valence electrons. The number of aromatic carboxylic acids is 1. The molecular weight excluding hydrogens is 532 g/mol. The summed E-state index contributed by atoms with van der Waals surface area (Å²) in [4.78, 5) is 24.9. The van der Waals surface area contributed by atoms with Crippen LogP contribution in [0, 0.1) is 0 Å². The van der Waals surface area contributed by atoms with Gasteiger partial charge in [0.25, 0.3) is 0 Å². The molecule has 7 rings (SSSR count). The highest BCUT2D eigenvalue weighted by atomic mass is 16.4. The molecule has 0 saturated carbocycles. The van der Waals surface area contributed by atoms with Crippen LogP contribution < -0.4 is 5.32 Å². The average Bonchev–Trinajstić information content (AvgIpc) is 3.70. The van der Waals surface area contributed by atoms with E-state index in [4.69, 9.17) is 4.42 Å². The molecule has 0 saturated heterocycles. The molecule has 0 aliphatic heterocycles. The number of carboxylic acids is 1. The molecule has 9 nitrogen and oxygen atoms in total. The summed E-state index contributed by atoms with van der Waals surface area (Å²) in [6.45, 7) is 0.284. The van der Waals surface area contributed by atoms with Crippen LogP contribution in [0.15, 0.2) is 102 Å². The summed E-state index contributed by atoms with van der Waals surface area (Å²) in [7, 11) is 0. The van der Waals surface area contributed by atoms with Gasteiger partial charge in [-0.15, -0.1) is 5.10 Å². The van der Waals surface area contributed by atoms with Crippen LogP contribution in [-0.2, 0) is 11.3 Å². The van der Waals surface area contributed by atoms with Gasteiger partial charge in [-0.3, -0.25) is 9.48 Å². The number of aromatic nitrogens is 3. The largest absolute Gasteiger partial charge is 0.507 e. The first kappa shape index (κ1) is 25.3. The number of furan rings is 1. The van der Waals surface area contributed by atoms with E-state index in [0.29, 0.717) is 28.0 Å². The molecule has 42 heavy (non-hydrogen) atoms. The third kappa shape index (κ3) is 4.28. The Morgan fingerprint density at radius 2 is 1.57 bits per heavy atom. The molecule has 0 unspecified atom stereocenters. The Morgan fingerprint density at radius 3 is 2.26 bits per heavy atom. The van der Waals surface area contributed by atoms with E-state index in [2.05, 4.69) is 27.8 Å². The van der Waals surface area contributed by atoms with Gasteiger partial charge in [-0.1, -0.05) is 84.1 Å². The van der Waals surface area contributed by atoms with Crippen LogP contribution in [0.4, 0.5) is 0 Å². The van der Waals surface area contributed by atoms with Crippen LogP contribution in [0.5, 0.6) is 5.75 Å². The number of aromatic hydroxyl groups is 1. The lowest BCUT2D eigenvalue weighted by molar-refractivity contribution is -0.121. The maximum absolute atomic E-state index is 13.1. The summed E-state index contributed by atoms with van der Waals surface area (Å²) >= 11 is 0. The molecule has 0 radical (unpaired) electrons. The molecule has 0 spiro atoms. The highest BCUT2D eigenvalue weighted by Gasteiger charge is 2.29. The third-order valence-corrected chi connectivity index (χ3v) is 7.57. The van der Waals surface area contributed by atoms with E-state index in [-0.39, 0.29) is 30.5 Å². The highest BCUT2D eigenvalue weighted by Crippen LogP contribution is 2.44. The molecule has 0 fully saturated rings. The number of rotatable bonds is 7. The van der Waals surface area contributed by atoms with Gasteiger partial charge < -0.3 is 19.9 Å². The number of carbonyl (C=O) groups is 2. The molecule has 0 atom stereocenters.